The van der Waals surface area contributed by atoms with Gasteiger partial charge in [0.05, 0.1) is 0 Å². The maximum Gasteiger partial charge on any atom is 0.115 e. The van der Waals surface area contributed by atoms with Crippen LogP contribution in [-0.4, -0.2) is 13.5 Å². The fourth-order valence-corrected chi connectivity index (χ4v) is 7.22. The van der Waals surface area contributed by atoms with E-state index in [9.17, 15) is 0 Å². The van der Waals surface area contributed by atoms with Crippen LogP contribution in [0.3, 0.4) is 0 Å². The standard InChI is InChI=1S/C8H18S2Si/c1-6-7-8(9-2)10-11(3,4)5/h7H,6H2,1-5H3/b8-7-. The highest BCUT2D eigenvalue weighted by molar-refractivity contribution is 8.39. The van der Waals surface area contributed by atoms with Crippen molar-refractivity contribution >= 4 is 30.2 Å². The first-order chi connectivity index (χ1) is 4.99. The summed E-state index contributed by atoms with van der Waals surface area (Å²) in [5.41, 5.74) is 0. The van der Waals surface area contributed by atoms with Crippen molar-refractivity contribution in [2.45, 2.75) is 33.0 Å². The fourth-order valence-electron chi connectivity index (χ4n) is 0.635. The van der Waals surface area contributed by atoms with Crippen molar-refractivity contribution in [1.82, 2.24) is 0 Å². The average Bonchev–Trinajstić information content (AvgIpc) is 1.84. The van der Waals surface area contributed by atoms with Gasteiger partial charge in [0, 0.05) is 4.24 Å². The highest BCUT2D eigenvalue weighted by Crippen LogP contribution is 2.34. The van der Waals surface area contributed by atoms with Gasteiger partial charge in [-0.3, -0.25) is 0 Å². The number of thioether (sulfide) groups is 1. The first-order valence-electron chi connectivity index (χ1n) is 3.92. The van der Waals surface area contributed by atoms with E-state index in [2.05, 4.69) is 50.1 Å². The normalized spacial score (nSPS) is 13.7. The van der Waals surface area contributed by atoms with E-state index in [4.69, 9.17) is 0 Å². The van der Waals surface area contributed by atoms with Gasteiger partial charge in [-0.05, 0) is 12.7 Å². The minimum absolute atomic E-state index is 0.951. The third-order valence-corrected chi connectivity index (χ3v) is 6.22. The van der Waals surface area contributed by atoms with Gasteiger partial charge in [0.1, 0.15) is 7.22 Å². The van der Waals surface area contributed by atoms with Crippen LogP contribution in [0, 0.1) is 0 Å². The summed E-state index contributed by atoms with van der Waals surface area (Å²) in [6.45, 7) is 9.35. The largest absolute Gasteiger partial charge is 0.146 e. The van der Waals surface area contributed by atoms with Gasteiger partial charge in [0.15, 0.2) is 0 Å². The summed E-state index contributed by atoms with van der Waals surface area (Å²) in [6.07, 6.45) is 5.65. The molecular formula is C8H18S2Si. The van der Waals surface area contributed by atoms with Crippen LogP contribution in [0.5, 0.6) is 0 Å². The average molecular weight is 206 g/mol. The van der Waals surface area contributed by atoms with Crippen LogP contribution in [0.15, 0.2) is 10.3 Å². The van der Waals surface area contributed by atoms with Crippen LogP contribution >= 0.6 is 23.0 Å². The summed E-state index contributed by atoms with van der Waals surface area (Å²) in [5, 5.41) is 0. The molecule has 0 radical (unpaired) electrons. The zero-order valence-corrected chi connectivity index (χ0v) is 10.7. The molecule has 0 aromatic rings. The second-order valence-corrected chi connectivity index (χ2v) is 13.6. The van der Waals surface area contributed by atoms with Gasteiger partial charge >= 0.3 is 0 Å². The van der Waals surface area contributed by atoms with E-state index in [-0.39, 0.29) is 0 Å². The molecule has 0 fully saturated rings. The van der Waals surface area contributed by atoms with E-state index >= 15 is 0 Å². The van der Waals surface area contributed by atoms with Gasteiger partial charge in [-0.1, -0.05) is 32.6 Å². The summed E-state index contributed by atoms with van der Waals surface area (Å²) >= 11 is 3.97. The van der Waals surface area contributed by atoms with E-state index < -0.39 is 7.22 Å². The van der Waals surface area contributed by atoms with Crippen LogP contribution < -0.4 is 0 Å². The minimum Gasteiger partial charge on any atom is -0.146 e. The molecule has 0 aromatic carbocycles. The molecule has 0 spiro atoms. The monoisotopic (exact) mass is 206 g/mol. The topological polar surface area (TPSA) is 0 Å². The molecule has 0 saturated heterocycles. The van der Waals surface area contributed by atoms with Crippen LogP contribution in [0.2, 0.25) is 19.6 Å². The Balaban J connectivity index is 3.99. The van der Waals surface area contributed by atoms with Crippen LogP contribution in [-0.2, 0) is 0 Å². The maximum atomic E-state index is 2.39. The van der Waals surface area contributed by atoms with Crippen molar-refractivity contribution in [2.75, 3.05) is 6.26 Å². The molecular weight excluding hydrogens is 188 g/mol. The smallest absolute Gasteiger partial charge is 0.115 e. The molecule has 0 unspecified atom stereocenters. The van der Waals surface area contributed by atoms with Gasteiger partial charge in [0.25, 0.3) is 0 Å². The summed E-state index contributed by atoms with van der Waals surface area (Å²) < 4.78 is 1.51. The van der Waals surface area contributed by atoms with E-state index in [1.807, 2.05) is 11.8 Å². The van der Waals surface area contributed by atoms with Crippen LogP contribution in [0.1, 0.15) is 13.3 Å². The summed E-state index contributed by atoms with van der Waals surface area (Å²) in [6, 6.07) is 0. The molecule has 0 amide bonds. The van der Waals surface area contributed by atoms with E-state index in [0.29, 0.717) is 0 Å². The molecule has 3 heteroatoms. The molecule has 0 aliphatic carbocycles. The second kappa shape index (κ2) is 5.33. The van der Waals surface area contributed by atoms with Crippen molar-refractivity contribution < 1.29 is 0 Å². The molecule has 0 bridgehead atoms. The molecule has 0 aliphatic rings. The Kier molecular flexibility index (Phi) is 5.65. The molecule has 66 valence electrons. The second-order valence-electron chi connectivity index (χ2n) is 3.35. The van der Waals surface area contributed by atoms with Gasteiger partial charge in [-0.15, -0.1) is 23.0 Å². The van der Waals surface area contributed by atoms with Gasteiger partial charge < -0.3 is 0 Å². The van der Waals surface area contributed by atoms with Crippen molar-refractivity contribution in [2.24, 2.45) is 0 Å². The van der Waals surface area contributed by atoms with Crippen molar-refractivity contribution in [1.29, 1.82) is 0 Å². The lowest BCUT2D eigenvalue weighted by atomic mass is 10.5. The van der Waals surface area contributed by atoms with Crippen molar-refractivity contribution in [3.8, 4) is 0 Å². The maximum absolute atomic E-state index is 2.39. The number of hydrogen-bond acceptors (Lipinski definition) is 2. The third kappa shape index (κ3) is 7.03. The highest BCUT2D eigenvalue weighted by Gasteiger charge is 2.15. The van der Waals surface area contributed by atoms with E-state index in [1.54, 1.807) is 0 Å². The van der Waals surface area contributed by atoms with Crippen molar-refractivity contribution in [3.63, 3.8) is 0 Å². The Labute approximate surface area is 79.9 Å². The van der Waals surface area contributed by atoms with Crippen LogP contribution in [0.25, 0.3) is 0 Å². The number of rotatable bonds is 4. The van der Waals surface area contributed by atoms with Gasteiger partial charge in [-0.25, -0.2) is 0 Å². The lowest BCUT2D eigenvalue weighted by molar-refractivity contribution is 1.23. The summed E-state index contributed by atoms with van der Waals surface area (Å²) in [7, 11) is -0.951. The Morgan fingerprint density at radius 3 is 2.18 bits per heavy atom. The molecule has 11 heavy (non-hydrogen) atoms. The molecule has 0 aromatic heterocycles. The molecule has 0 atom stereocenters. The summed E-state index contributed by atoms with van der Waals surface area (Å²) in [5.74, 6) is 0. The lowest BCUT2D eigenvalue weighted by Crippen LogP contribution is -2.13. The van der Waals surface area contributed by atoms with Crippen molar-refractivity contribution in [3.05, 3.63) is 10.3 Å². The predicted molar refractivity (Wildman–Crippen MR) is 62.8 cm³/mol. The fraction of sp³-hybridized carbons (Fsp3) is 0.750. The Morgan fingerprint density at radius 1 is 1.36 bits per heavy atom. The zero-order chi connectivity index (χ0) is 8.91. The quantitative estimate of drug-likeness (QED) is 0.633. The first kappa shape index (κ1) is 11.7. The van der Waals surface area contributed by atoms with E-state index in [1.165, 1.54) is 4.24 Å². The Bertz CT molecular complexity index is 136. The predicted octanol–water partition coefficient (Wildman–Crippen LogP) is 4.17. The highest BCUT2D eigenvalue weighted by atomic mass is 32.4. The third-order valence-electron chi connectivity index (χ3n) is 0.979. The number of hydrogen-bond donors (Lipinski definition) is 0. The molecule has 0 N–H and O–H groups in total. The van der Waals surface area contributed by atoms with Gasteiger partial charge in [-0.2, -0.15) is 0 Å². The minimum atomic E-state index is -0.951. The Hall–Kier alpha value is 0.657. The summed E-state index contributed by atoms with van der Waals surface area (Å²) in [4.78, 5) is 0. The molecule has 0 rings (SSSR count). The van der Waals surface area contributed by atoms with Gasteiger partial charge in [0.2, 0.25) is 0 Å². The molecule has 0 heterocycles. The first-order valence-corrected chi connectivity index (χ1v) is 10.2. The van der Waals surface area contributed by atoms with E-state index in [0.717, 1.165) is 6.42 Å². The zero-order valence-electron chi connectivity index (χ0n) is 8.10. The van der Waals surface area contributed by atoms with Crippen LogP contribution in [0.4, 0.5) is 0 Å². The molecule has 0 nitrogen and oxygen atoms in total. The number of allylic oxidation sites excluding steroid dienone is 1. The Morgan fingerprint density at radius 2 is 1.91 bits per heavy atom. The molecule has 0 saturated carbocycles. The molecule has 0 aliphatic heterocycles. The lowest BCUT2D eigenvalue weighted by Gasteiger charge is -2.16. The SMILES string of the molecule is CC/C=C(/SC)S[Si](C)(C)C.